The maximum absolute atomic E-state index is 7.57. The molecule has 0 aromatic heterocycles. The molecule has 2 N–H and O–H groups in total. The van der Waals surface area contributed by atoms with Crippen LogP contribution in [-0.2, 0) is 21.7 Å². The van der Waals surface area contributed by atoms with Crippen molar-refractivity contribution in [1.82, 2.24) is 0 Å². The summed E-state index contributed by atoms with van der Waals surface area (Å²) in [5.74, 6) is 0. The molecule has 0 aromatic rings. The van der Waals surface area contributed by atoms with Gasteiger partial charge < -0.3 is 10.2 Å². The third-order valence-electron chi connectivity index (χ3n) is 0. The first-order valence-corrected chi connectivity index (χ1v) is 3.68. The minimum atomic E-state index is 0. The van der Waals surface area contributed by atoms with Crippen molar-refractivity contribution in [3.8, 4) is 0 Å². The van der Waals surface area contributed by atoms with Crippen LogP contribution < -0.4 is 0 Å². The van der Waals surface area contributed by atoms with E-state index in [1.54, 1.807) is 13.8 Å². The third kappa shape index (κ3) is 54200. The number of rotatable bonds is 0. The molecule has 0 heterocycles. The first-order chi connectivity index (χ1) is 5.66. The molecule has 0 aliphatic carbocycles. The monoisotopic (exact) mass is 222 g/mol. The van der Waals surface area contributed by atoms with Gasteiger partial charge in [0.2, 0.25) is 0 Å². The summed E-state index contributed by atoms with van der Waals surface area (Å²) in [5.41, 5.74) is 0. The summed E-state index contributed by atoms with van der Waals surface area (Å²) >= 11 is 0. The standard InChI is InChI=1S/2C3H5.2C2H6O.Ti/c2*1-3-2;2*1-2-3;/h2*3H,1-2H2;2*3H,2H2,1H3;/q2*-1;;;+2. The van der Waals surface area contributed by atoms with Gasteiger partial charge in [0.25, 0.3) is 0 Å². The molecule has 0 saturated carbocycles. The third-order valence-corrected chi connectivity index (χ3v) is 0. The molecule has 0 aliphatic heterocycles. The van der Waals surface area contributed by atoms with Crippen molar-refractivity contribution in [2.75, 3.05) is 13.2 Å². The Labute approximate surface area is 98.3 Å². The van der Waals surface area contributed by atoms with Crippen molar-refractivity contribution >= 4 is 0 Å². The molecule has 0 aliphatic rings. The molecule has 0 unspecified atom stereocenters. The summed E-state index contributed by atoms with van der Waals surface area (Å²) in [7, 11) is 0. The SMILES string of the molecule is C=C[CH2-].C=C[CH2-].CCO.CCO.[Ti+2]. The first-order valence-electron chi connectivity index (χ1n) is 3.68. The van der Waals surface area contributed by atoms with Crippen molar-refractivity contribution in [3.05, 3.63) is 39.2 Å². The molecular weight excluding hydrogens is 200 g/mol. The summed E-state index contributed by atoms with van der Waals surface area (Å²) < 4.78 is 0. The van der Waals surface area contributed by atoms with Gasteiger partial charge in [-0.1, -0.05) is 0 Å². The van der Waals surface area contributed by atoms with Crippen LogP contribution in [0.25, 0.3) is 0 Å². The number of aliphatic hydroxyl groups is 2. The Morgan fingerprint density at radius 2 is 1.00 bits per heavy atom. The number of hydrogen-bond acceptors (Lipinski definition) is 2. The molecule has 0 atom stereocenters. The van der Waals surface area contributed by atoms with Gasteiger partial charge in [-0.3, -0.25) is 0 Å². The van der Waals surface area contributed by atoms with Crippen LogP contribution in [0.2, 0.25) is 0 Å². The van der Waals surface area contributed by atoms with Gasteiger partial charge in [-0.05, 0) is 13.8 Å². The molecule has 0 fully saturated rings. The van der Waals surface area contributed by atoms with Crippen molar-refractivity contribution in [1.29, 1.82) is 0 Å². The van der Waals surface area contributed by atoms with Gasteiger partial charge in [-0.25, -0.2) is 39.2 Å². The second-order valence-electron chi connectivity index (χ2n) is 1.21. The van der Waals surface area contributed by atoms with E-state index in [4.69, 9.17) is 10.2 Å². The molecule has 3 heteroatoms. The summed E-state index contributed by atoms with van der Waals surface area (Å²) in [4.78, 5) is 0. The average molecular weight is 222 g/mol. The van der Waals surface area contributed by atoms with Crippen LogP contribution in [-0.4, -0.2) is 23.4 Å². The van der Waals surface area contributed by atoms with Gasteiger partial charge in [-0.2, -0.15) is 0 Å². The van der Waals surface area contributed by atoms with Crippen LogP contribution in [0.15, 0.2) is 25.3 Å². The second kappa shape index (κ2) is 94.0. The zero-order chi connectivity index (χ0) is 10.8. The first kappa shape index (κ1) is 29.3. The van der Waals surface area contributed by atoms with E-state index in [9.17, 15) is 0 Å². The molecule has 0 bridgehead atoms. The second-order valence-corrected chi connectivity index (χ2v) is 1.21. The summed E-state index contributed by atoms with van der Waals surface area (Å²) in [6, 6.07) is 0. The predicted octanol–water partition coefficient (Wildman–Crippen LogP) is 2.01. The van der Waals surface area contributed by atoms with Crippen molar-refractivity contribution in [3.63, 3.8) is 0 Å². The molecular formula is C10H22O2Ti. The van der Waals surface area contributed by atoms with Crippen LogP contribution in [0, 0.1) is 13.8 Å². The average Bonchev–Trinajstić information content (AvgIpc) is 1.92. The van der Waals surface area contributed by atoms with Crippen molar-refractivity contribution in [2.24, 2.45) is 0 Å². The smallest absolute Gasteiger partial charge is 0.397 e. The fraction of sp³-hybridized carbons (Fsp3) is 0.400. The molecule has 0 aromatic carbocycles. The summed E-state index contributed by atoms with van der Waals surface area (Å²) in [6.07, 6.45) is 3.00. The van der Waals surface area contributed by atoms with Gasteiger partial charge in [0.15, 0.2) is 0 Å². The number of allylic oxidation sites excluding steroid dienone is 2. The Kier molecular flexibility index (Phi) is 212. The van der Waals surface area contributed by atoms with Gasteiger partial charge in [0.05, 0.1) is 0 Å². The van der Waals surface area contributed by atoms with E-state index in [0.29, 0.717) is 0 Å². The van der Waals surface area contributed by atoms with Gasteiger partial charge in [-0.15, -0.1) is 0 Å². The normalized spacial score (nSPS) is 4.62. The fourth-order valence-corrected chi connectivity index (χ4v) is 0. The van der Waals surface area contributed by atoms with Crippen LogP contribution >= 0.6 is 0 Å². The van der Waals surface area contributed by atoms with Crippen LogP contribution in [0.4, 0.5) is 0 Å². The largest absolute Gasteiger partial charge is 2.00 e. The molecule has 0 amide bonds. The van der Waals surface area contributed by atoms with Crippen molar-refractivity contribution in [2.45, 2.75) is 13.8 Å². The predicted molar refractivity (Wildman–Crippen MR) is 56.6 cm³/mol. The minimum Gasteiger partial charge on any atom is -0.397 e. The fourth-order valence-electron chi connectivity index (χ4n) is 0. The van der Waals surface area contributed by atoms with Crippen LogP contribution in [0.5, 0.6) is 0 Å². The van der Waals surface area contributed by atoms with E-state index < -0.39 is 0 Å². The van der Waals surface area contributed by atoms with E-state index in [1.807, 2.05) is 0 Å². The quantitative estimate of drug-likeness (QED) is 0.486. The van der Waals surface area contributed by atoms with Gasteiger partial charge in [0.1, 0.15) is 0 Å². The molecule has 0 saturated heterocycles. The van der Waals surface area contributed by atoms with E-state index in [1.165, 1.54) is 12.2 Å². The zero-order valence-corrected chi connectivity index (χ0v) is 10.4. The Balaban J connectivity index is -0.0000000213. The Bertz CT molecular complexity index is 48.9. The van der Waals surface area contributed by atoms with E-state index in [-0.39, 0.29) is 34.9 Å². The zero-order valence-electron chi connectivity index (χ0n) is 8.79. The van der Waals surface area contributed by atoms with Crippen LogP contribution in [0.1, 0.15) is 13.8 Å². The molecule has 13 heavy (non-hydrogen) atoms. The minimum absolute atomic E-state index is 0. The Hall–Kier alpha value is -0.146. The van der Waals surface area contributed by atoms with E-state index in [2.05, 4.69) is 27.0 Å². The topological polar surface area (TPSA) is 40.5 Å². The van der Waals surface area contributed by atoms with Gasteiger partial charge in [0, 0.05) is 13.2 Å². The molecule has 78 valence electrons. The molecule has 0 spiro atoms. The van der Waals surface area contributed by atoms with E-state index in [0.717, 1.165) is 0 Å². The maximum Gasteiger partial charge on any atom is 2.00 e. The number of hydrogen-bond donors (Lipinski definition) is 2. The Morgan fingerprint density at radius 1 is 1.00 bits per heavy atom. The number of aliphatic hydroxyl groups excluding tert-OH is 2. The van der Waals surface area contributed by atoms with Gasteiger partial charge >= 0.3 is 21.7 Å². The van der Waals surface area contributed by atoms with E-state index >= 15 is 0 Å². The molecule has 2 nitrogen and oxygen atoms in total. The van der Waals surface area contributed by atoms with Crippen molar-refractivity contribution < 1.29 is 31.9 Å². The summed E-state index contributed by atoms with van der Waals surface area (Å²) in [6.45, 7) is 16.9. The Morgan fingerprint density at radius 3 is 1.00 bits per heavy atom. The summed E-state index contributed by atoms with van der Waals surface area (Å²) in [5, 5.41) is 15.1. The molecule has 0 rings (SSSR count). The maximum atomic E-state index is 7.57. The molecule has 0 radical (unpaired) electrons. The van der Waals surface area contributed by atoms with Crippen LogP contribution in [0.3, 0.4) is 0 Å².